The lowest BCUT2D eigenvalue weighted by molar-refractivity contribution is 0.0678. The number of fused-ring (bicyclic) bond motifs is 1. The number of benzene rings is 2. The second-order valence-corrected chi connectivity index (χ2v) is 11.3. The van der Waals surface area contributed by atoms with Crippen LogP contribution in [-0.2, 0) is 25.7 Å². The molecule has 1 aliphatic heterocycles. The van der Waals surface area contributed by atoms with E-state index in [0.29, 0.717) is 35.6 Å². The van der Waals surface area contributed by atoms with Crippen molar-refractivity contribution in [2.75, 3.05) is 19.8 Å². The third-order valence-electron chi connectivity index (χ3n) is 5.73. The summed E-state index contributed by atoms with van der Waals surface area (Å²) in [6.07, 6.45) is 3.21. The molecule has 0 spiro atoms. The average Bonchev–Trinajstić information content (AvgIpc) is 3.19. The van der Waals surface area contributed by atoms with E-state index in [1.807, 2.05) is 50.2 Å². The summed E-state index contributed by atoms with van der Waals surface area (Å²) < 4.78 is 49.8. The number of nitrogens with one attached hydrogen (secondary N) is 1. The molecule has 1 aliphatic rings. The minimum Gasteiger partial charge on any atom is -0.381 e. The first-order chi connectivity index (χ1) is 14.9. The van der Waals surface area contributed by atoms with Crippen molar-refractivity contribution < 1.29 is 17.4 Å². The van der Waals surface area contributed by atoms with Crippen LogP contribution in [0.3, 0.4) is 0 Å². The Hall–Kier alpha value is -2.00. The summed E-state index contributed by atoms with van der Waals surface area (Å²) >= 11 is 0. The average molecular weight is 461 g/mol. The Kier molecular flexibility index (Phi) is 6.62. The first-order valence-electron chi connectivity index (χ1n) is 10.6. The molecule has 4 rings (SSSR count). The van der Waals surface area contributed by atoms with Gasteiger partial charge in [-0.05, 0) is 48.4 Å². The molecule has 0 aliphatic carbocycles. The van der Waals surface area contributed by atoms with Crippen molar-refractivity contribution in [1.82, 2.24) is 8.69 Å². The van der Waals surface area contributed by atoms with Gasteiger partial charge in [-0.3, -0.25) is 3.97 Å². The molecule has 1 atom stereocenters. The molecule has 0 bridgehead atoms. The molecule has 0 amide bonds. The van der Waals surface area contributed by atoms with E-state index in [1.165, 1.54) is 6.20 Å². The fraction of sp³-hybridized carbons (Fsp3) is 0.391. The maximum absolute atomic E-state index is 13.4. The SMILES string of the molecule is CC(C)c1cccc2c1c(S(=O)(=O)NCC1CCOCC1)cn2S(=O)c1ccccc1. The fourth-order valence-electron chi connectivity index (χ4n) is 3.98. The molecule has 1 unspecified atom stereocenters. The standard InChI is InChI=1S/C23H28N2O4S2/c1-17(2)20-9-6-10-21-23(20)22(16-25(21)30(26)19-7-4-3-5-8-19)31(27,28)24-15-18-11-13-29-14-12-18/h3-10,16-18,24H,11-15H2,1-2H3. The van der Waals surface area contributed by atoms with E-state index in [9.17, 15) is 12.6 Å². The molecule has 3 aromatic rings. The van der Waals surface area contributed by atoms with Crippen LogP contribution >= 0.6 is 0 Å². The highest BCUT2D eigenvalue weighted by Gasteiger charge is 2.27. The molecule has 166 valence electrons. The molecule has 0 saturated carbocycles. The predicted molar refractivity (Wildman–Crippen MR) is 123 cm³/mol. The van der Waals surface area contributed by atoms with Crippen molar-refractivity contribution in [1.29, 1.82) is 0 Å². The third-order valence-corrected chi connectivity index (χ3v) is 8.50. The van der Waals surface area contributed by atoms with Crippen molar-refractivity contribution in [3.8, 4) is 0 Å². The summed E-state index contributed by atoms with van der Waals surface area (Å²) in [5, 5.41) is 0.640. The van der Waals surface area contributed by atoms with E-state index in [1.54, 1.807) is 16.1 Å². The van der Waals surface area contributed by atoms with Crippen LogP contribution < -0.4 is 4.72 Å². The minimum absolute atomic E-state index is 0.120. The quantitative estimate of drug-likeness (QED) is 0.577. The van der Waals surface area contributed by atoms with E-state index in [2.05, 4.69) is 4.72 Å². The van der Waals surface area contributed by atoms with Gasteiger partial charge in [-0.15, -0.1) is 0 Å². The Morgan fingerprint density at radius 1 is 1.10 bits per heavy atom. The molecule has 6 nitrogen and oxygen atoms in total. The molecule has 2 heterocycles. The van der Waals surface area contributed by atoms with Gasteiger partial charge in [-0.1, -0.05) is 44.2 Å². The smallest absolute Gasteiger partial charge is 0.242 e. The number of nitrogens with zero attached hydrogens (tertiary/aromatic N) is 1. The van der Waals surface area contributed by atoms with Crippen LogP contribution in [0.2, 0.25) is 0 Å². The van der Waals surface area contributed by atoms with E-state index < -0.39 is 21.0 Å². The molecule has 8 heteroatoms. The van der Waals surface area contributed by atoms with Gasteiger partial charge in [0, 0.05) is 31.3 Å². The number of ether oxygens (including phenoxy) is 1. The van der Waals surface area contributed by atoms with Crippen molar-refractivity contribution in [2.45, 2.75) is 42.4 Å². The van der Waals surface area contributed by atoms with Crippen LogP contribution in [0.5, 0.6) is 0 Å². The maximum atomic E-state index is 13.4. The maximum Gasteiger partial charge on any atom is 0.242 e. The number of hydrogen-bond donors (Lipinski definition) is 1. The lowest BCUT2D eigenvalue weighted by Gasteiger charge is -2.22. The van der Waals surface area contributed by atoms with Crippen molar-refractivity contribution in [3.05, 3.63) is 60.3 Å². The second-order valence-electron chi connectivity index (χ2n) is 8.19. The van der Waals surface area contributed by atoms with Gasteiger partial charge in [0.25, 0.3) is 0 Å². The topological polar surface area (TPSA) is 77.4 Å². The Morgan fingerprint density at radius 2 is 1.81 bits per heavy atom. The predicted octanol–water partition coefficient (Wildman–Crippen LogP) is 4.04. The molecule has 1 aromatic heterocycles. The Bertz CT molecular complexity index is 1180. The second kappa shape index (κ2) is 9.24. The van der Waals surface area contributed by atoms with Crippen LogP contribution in [0.1, 0.15) is 38.2 Å². The van der Waals surface area contributed by atoms with Crippen molar-refractivity contribution in [3.63, 3.8) is 0 Å². The van der Waals surface area contributed by atoms with Crippen molar-refractivity contribution in [2.24, 2.45) is 5.92 Å². The van der Waals surface area contributed by atoms with Crippen molar-refractivity contribution >= 4 is 31.9 Å². The van der Waals surface area contributed by atoms with Gasteiger partial charge in [0.15, 0.2) is 11.0 Å². The lowest BCUT2D eigenvalue weighted by Crippen LogP contribution is -2.32. The normalized spacial score (nSPS) is 16.7. The molecule has 1 saturated heterocycles. The van der Waals surface area contributed by atoms with Crippen LogP contribution in [0, 0.1) is 5.92 Å². The number of hydrogen-bond acceptors (Lipinski definition) is 4. The number of aromatic nitrogens is 1. The van der Waals surface area contributed by atoms with Gasteiger partial charge in [0.1, 0.15) is 4.90 Å². The highest BCUT2D eigenvalue weighted by molar-refractivity contribution is 7.89. The molecule has 1 N–H and O–H groups in total. The highest BCUT2D eigenvalue weighted by Crippen LogP contribution is 2.34. The van der Waals surface area contributed by atoms with Crippen LogP contribution in [0.25, 0.3) is 10.9 Å². The van der Waals surface area contributed by atoms with Gasteiger partial charge in [0.05, 0.1) is 10.4 Å². The van der Waals surface area contributed by atoms with Crippen LogP contribution in [0.15, 0.2) is 64.5 Å². The Labute approximate surface area is 186 Å². The first kappa shape index (κ1) is 22.2. The van der Waals surface area contributed by atoms with Gasteiger partial charge in [0.2, 0.25) is 10.0 Å². The zero-order valence-corrected chi connectivity index (χ0v) is 19.4. The van der Waals surface area contributed by atoms with E-state index in [-0.39, 0.29) is 16.7 Å². The number of sulfonamides is 1. The van der Waals surface area contributed by atoms with E-state index in [4.69, 9.17) is 4.74 Å². The zero-order chi connectivity index (χ0) is 22.0. The monoisotopic (exact) mass is 460 g/mol. The van der Waals surface area contributed by atoms with Gasteiger partial charge >= 0.3 is 0 Å². The summed E-state index contributed by atoms with van der Waals surface area (Å²) in [5.41, 5.74) is 1.58. The molecular weight excluding hydrogens is 432 g/mol. The van der Waals surface area contributed by atoms with Crippen LogP contribution in [-0.4, -0.2) is 36.4 Å². The minimum atomic E-state index is -3.78. The third kappa shape index (κ3) is 4.62. The highest BCUT2D eigenvalue weighted by atomic mass is 32.2. The zero-order valence-electron chi connectivity index (χ0n) is 17.8. The molecular formula is C23H28N2O4S2. The molecule has 2 aromatic carbocycles. The summed E-state index contributed by atoms with van der Waals surface area (Å²) in [6.45, 7) is 5.78. The summed E-state index contributed by atoms with van der Waals surface area (Å²) in [7, 11) is -5.34. The van der Waals surface area contributed by atoms with Crippen LogP contribution in [0.4, 0.5) is 0 Å². The summed E-state index contributed by atoms with van der Waals surface area (Å²) in [4.78, 5) is 0.802. The molecule has 1 fully saturated rings. The summed E-state index contributed by atoms with van der Waals surface area (Å²) in [6, 6.07) is 14.7. The van der Waals surface area contributed by atoms with E-state index in [0.717, 1.165) is 18.4 Å². The first-order valence-corrected chi connectivity index (χ1v) is 13.2. The lowest BCUT2D eigenvalue weighted by atomic mass is 9.99. The summed E-state index contributed by atoms with van der Waals surface area (Å²) in [5.74, 6) is 0.383. The van der Waals surface area contributed by atoms with E-state index >= 15 is 0 Å². The number of rotatable bonds is 7. The molecule has 0 radical (unpaired) electrons. The van der Waals surface area contributed by atoms with Gasteiger partial charge < -0.3 is 4.74 Å². The molecule has 31 heavy (non-hydrogen) atoms. The van der Waals surface area contributed by atoms with Gasteiger partial charge in [-0.2, -0.15) is 0 Å². The Morgan fingerprint density at radius 3 is 2.48 bits per heavy atom. The largest absolute Gasteiger partial charge is 0.381 e. The fourth-order valence-corrected chi connectivity index (χ4v) is 6.54. The Balaban J connectivity index is 1.79. The van der Waals surface area contributed by atoms with Gasteiger partial charge in [-0.25, -0.2) is 17.3 Å².